The molecule has 1 aliphatic rings. The van der Waals surface area contributed by atoms with Crippen LogP contribution in [-0.4, -0.2) is 35.1 Å². The van der Waals surface area contributed by atoms with Crippen molar-refractivity contribution in [1.82, 2.24) is 4.90 Å². The molecule has 0 aromatic heterocycles. The highest BCUT2D eigenvalue weighted by Crippen LogP contribution is 2.16. The normalized spacial score (nSPS) is 25.2. The summed E-state index contributed by atoms with van der Waals surface area (Å²) in [5, 5.41) is 8.78. The second-order valence-corrected chi connectivity index (χ2v) is 3.10. The Labute approximate surface area is 76.6 Å². The van der Waals surface area contributed by atoms with E-state index in [1.165, 1.54) is 5.54 Å². The van der Waals surface area contributed by atoms with E-state index < -0.39 is 5.97 Å². The number of nitrogens with zero attached hydrogens (tertiary/aromatic N) is 1. The predicted octanol–water partition coefficient (Wildman–Crippen LogP) is 1.29. The molecule has 1 saturated heterocycles. The number of likely N-dealkylation sites (tertiary alicyclic amines) is 1. The van der Waals surface area contributed by atoms with Gasteiger partial charge in [-0.3, -0.25) is 9.69 Å². The Morgan fingerprint density at radius 1 is 1.75 bits per heavy atom. The highest BCUT2D eigenvalue weighted by atomic mass is 35.5. The minimum Gasteiger partial charge on any atom is -0.480 e. The van der Waals surface area contributed by atoms with E-state index in [1.54, 1.807) is 6.08 Å². The van der Waals surface area contributed by atoms with Gasteiger partial charge in [0.1, 0.15) is 6.04 Å². The summed E-state index contributed by atoms with van der Waals surface area (Å²) in [5.74, 6) is -0.726. The zero-order chi connectivity index (χ0) is 8.97. The summed E-state index contributed by atoms with van der Waals surface area (Å²) in [6.07, 6.45) is 3.49. The molecule has 4 heteroatoms. The molecule has 1 rings (SSSR count). The molecule has 0 bridgehead atoms. The number of hydrogen-bond donors (Lipinski definition) is 1. The molecule has 1 heterocycles. The molecule has 0 amide bonds. The Balaban J connectivity index is 2.46. The second-order valence-electron chi connectivity index (χ2n) is 2.85. The van der Waals surface area contributed by atoms with Crippen LogP contribution in [0.4, 0.5) is 0 Å². The molecule has 1 aliphatic heterocycles. The number of carbonyl (C=O) groups is 1. The van der Waals surface area contributed by atoms with Gasteiger partial charge in [0, 0.05) is 12.1 Å². The number of hydrogen-bond acceptors (Lipinski definition) is 2. The molecule has 3 nitrogen and oxygen atoms in total. The van der Waals surface area contributed by atoms with Gasteiger partial charge in [-0.05, 0) is 19.4 Å². The largest absolute Gasteiger partial charge is 0.480 e. The topological polar surface area (TPSA) is 40.5 Å². The minimum absolute atomic E-state index is 0.308. The molecule has 0 spiro atoms. The molecule has 0 radical (unpaired) electrons. The van der Waals surface area contributed by atoms with Crippen LogP contribution in [0.15, 0.2) is 11.6 Å². The number of halogens is 1. The van der Waals surface area contributed by atoms with E-state index in [1.807, 2.05) is 4.90 Å². The molecule has 1 fully saturated rings. The molecule has 1 N–H and O–H groups in total. The van der Waals surface area contributed by atoms with Crippen molar-refractivity contribution >= 4 is 17.6 Å². The van der Waals surface area contributed by atoms with E-state index in [-0.39, 0.29) is 6.04 Å². The second kappa shape index (κ2) is 4.48. The number of aliphatic carboxylic acids is 1. The van der Waals surface area contributed by atoms with E-state index in [2.05, 4.69) is 0 Å². The first-order chi connectivity index (χ1) is 5.75. The SMILES string of the molecule is O=C(O)[C@@H]1CCCN1C/C=C/Cl. The van der Waals surface area contributed by atoms with Crippen LogP contribution in [0.2, 0.25) is 0 Å². The summed E-state index contributed by atoms with van der Waals surface area (Å²) in [6.45, 7) is 1.50. The van der Waals surface area contributed by atoms with Crippen LogP contribution in [-0.2, 0) is 4.79 Å². The van der Waals surface area contributed by atoms with Gasteiger partial charge >= 0.3 is 5.97 Å². The van der Waals surface area contributed by atoms with E-state index >= 15 is 0 Å². The summed E-state index contributed by atoms with van der Waals surface area (Å²) in [6, 6.07) is -0.308. The van der Waals surface area contributed by atoms with Gasteiger partial charge in [0.25, 0.3) is 0 Å². The average molecular weight is 190 g/mol. The fraction of sp³-hybridized carbons (Fsp3) is 0.625. The molecule has 0 aromatic carbocycles. The lowest BCUT2D eigenvalue weighted by Gasteiger charge is -2.18. The molecule has 0 saturated carbocycles. The van der Waals surface area contributed by atoms with Gasteiger partial charge in [0.15, 0.2) is 0 Å². The van der Waals surface area contributed by atoms with Crippen molar-refractivity contribution in [2.45, 2.75) is 18.9 Å². The monoisotopic (exact) mass is 189 g/mol. The molecule has 1 atom stereocenters. The van der Waals surface area contributed by atoms with Crippen LogP contribution in [0.25, 0.3) is 0 Å². The fourth-order valence-corrected chi connectivity index (χ4v) is 1.58. The van der Waals surface area contributed by atoms with Gasteiger partial charge in [0.05, 0.1) is 0 Å². The molecule has 0 aromatic rings. The first kappa shape index (κ1) is 9.55. The van der Waals surface area contributed by atoms with Crippen LogP contribution in [0.1, 0.15) is 12.8 Å². The molecule has 68 valence electrons. The summed E-state index contributed by atoms with van der Waals surface area (Å²) in [4.78, 5) is 12.6. The van der Waals surface area contributed by atoms with Crippen molar-refractivity contribution in [3.05, 3.63) is 11.6 Å². The summed E-state index contributed by atoms with van der Waals surface area (Å²) >= 11 is 5.35. The zero-order valence-electron chi connectivity index (χ0n) is 6.74. The quantitative estimate of drug-likeness (QED) is 0.728. The standard InChI is InChI=1S/C8H12ClNO2/c9-4-2-6-10-5-1-3-7(10)8(11)12/h2,4,7H,1,3,5-6H2,(H,11,12)/b4-2+/t7-/m0/s1. The van der Waals surface area contributed by atoms with Crippen LogP contribution in [0.3, 0.4) is 0 Å². The summed E-state index contributed by atoms with van der Waals surface area (Å²) < 4.78 is 0. The third-order valence-electron chi connectivity index (χ3n) is 2.08. The van der Waals surface area contributed by atoms with E-state index in [0.29, 0.717) is 6.54 Å². The van der Waals surface area contributed by atoms with Crippen molar-refractivity contribution in [3.8, 4) is 0 Å². The highest BCUT2D eigenvalue weighted by molar-refractivity contribution is 6.25. The molecule has 0 aliphatic carbocycles. The van der Waals surface area contributed by atoms with Crippen molar-refractivity contribution in [2.24, 2.45) is 0 Å². The van der Waals surface area contributed by atoms with Gasteiger partial charge in [-0.15, -0.1) is 0 Å². The highest BCUT2D eigenvalue weighted by Gasteiger charge is 2.29. The van der Waals surface area contributed by atoms with Crippen molar-refractivity contribution in [1.29, 1.82) is 0 Å². The maximum absolute atomic E-state index is 10.7. The first-order valence-corrected chi connectivity index (χ1v) is 4.41. The fourth-order valence-electron chi connectivity index (χ4n) is 1.50. The van der Waals surface area contributed by atoms with Gasteiger partial charge in [-0.25, -0.2) is 0 Å². The lowest BCUT2D eigenvalue weighted by atomic mass is 10.2. The number of rotatable bonds is 3. The lowest BCUT2D eigenvalue weighted by Crippen LogP contribution is -2.35. The smallest absolute Gasteiger partial charge is 0.320 e. The predicted molar refractivity (Wildman–Crippen MR) is 47.2 cm³/mol. The minimum atomic E-state index is -0.726. The van der Waals surface area contributed by atoms with Crippen LogP contribution < -0.4 is 0 Å². The number of carboxylic acid groups (broad SMARTS) is 1. The van der Waals surface area contributed by atoms with Crippen molar-refractivity contribution < 1.29 is 9.90 Å². The molecule has 0 unspecified atom stereocenters. The maximum Gasteiger partial charge on any atom is 0.320 e. The summed E-state index contributed by atoms with van der Waals surface area (Å²) in [7, 11) is 0. The van der Waals surface area contributed by atoms with E-state index in [4.69, 9.17) is 16.7 Å². The lowest BCUT2D eigenvalue weighted by molar-refractivity contribution is -0.141. The van der Waals surface area contributed by atoms with Crippen LogP contribution in [0.5, 0.6) is 0 Å². The summed E-state index contributed by atoms with van der Waals surface area (Å²) in [5.41, 5.74) is 1.43. The van der Waals surface area contributed by atoms with E-state index in [0.717, 1.165) is 19.4 Å². The van der Waals surface area contributed by atoms with Crippen LogP contribution >= 0.6 is 11.6 Å². The molecular formula is C8H12ClNO2. The Hall–Kier alpha value is -0.540. The Kier molecular flexibility index (Phi) is 3.56. The van der Waals surface area contributed by atoms with Gasteiger partial charge < -0.3 is 5.11 Å². The Bertz CT molecular complexity index is 193. The van der Waals surface area contributed by atoms with Gasteiger partial charge in [0.2, 0.25) is 0 Å². The molecular weight excluding hydrogens is 178 g/mol. The zero-order valence-corrected chi connectivity index (χ0v) is 7.50. The van der Waals surface area contributed by atoms with Crippen molar-refractivity contribution in [3.63, 3.8) is 0 Å². The van der Waals surface area contributed by atoms with Crippen LogP contribution in [0, 0.1) is 0 Å². The first-order valence-electron chi connectivity index (χ1n) is 3.98. The molecule has 12 heavy (non-hydrogen) atoms. The van der Waals surface area contributed by atoms with Crippen molar-refractivity contribution in [2.75, 3.05) is 13.1 Å². The third-order valence-corrected chi connectivity index (χ3v) is 2.26. The van der Waals surface area contributed by atoms with E-state index in [9.17, 15) is 4.79 Å². The van der Waals surface area contributed by atoms with Gasteiger partial charge in [-0.2, -0.15) is 0 Å². The average Bonchev–Trinajstić information content (AvgIpc) is 2.48. The Morgan fingerprint density at radius 3 is 3.08 bits per heavy atom. The number of carboxylic acids is 1. The van der Waals surface area contributed by atoms with Gasteiger partial charge in [-0.1, -0.05) is 17.7 Å². The Morgan fingerprint density at radius 2 is 2.50 bits per heavy atom. The third kappa shape index (κ3) is 2.22. The maximum atomic E-state index is 10.7.